The Balaban J connectivity index is 0.000000371. The minimum Gasteiger partial charge on any atom is -0.400 e. The maximum Gasteiger partial charge on any atom is 0.162 e. The van der Waals surface area contributed by atoms with Crippen LogP contribution in [0.2, 0.25) is 0 Å². The first-order valence-electron chi connectivity index (χ1n) is 3.60. The molecule has 0 amide bonds. The minimum atomic E-state index is -1.32. The maximum absolute atomic E-state index is 8.93. The third-order valence-corrected chi connectivity index (χ3v) is 1.65. The quantitative estimate of drug-likeness (QED) is 0.431. The van der Waals surface area contributed by atoms with E-state index in [4.69, 9.17) is 15.3 Å². The largest absolute Gasteiger partial charge is 0.400 e. The highest BCUT2D eigenvalue weighted by molar-refractivity contribution is 4.69. The van der Waals surface area contributed by atoms with Crippen LogP contribution in [0.3, 0.4) is 0 Å². The zero-order valence-corrected chi connectivity index (χ0v) is 6.38. The van der Waals surface area contributed by atoms with Gasteiger partial charge in [-0.1, -0.05) is 6.42 Å². The molecule has 1 aliphatic carbocycles. The van der Waals surface area contributed by atoms with Gasteiger partial charge in [-0.15, -0.1) is 0 Å². The summed E-state index contributed by atoms with van der Waals surface area (Å²) < 4.78 is 0. The molecule has 0 bridgehead atoms. The highest BCUT2D eigenvalue weighted by Crippen LogP contribution is 2.24. The summed E-state index contributed by atoms with van der Waals surface area (Å²) in [5, 5.41) is 24.9. The number of aliphatic hydroxyl groups excluding tert-OH is 1. The monoisotopic (exact) mass is 148 g/mol. The second kappa shape index (κ2) is 4.66. The van der Waals surface area contributed by atoms with Crippen molar-refractivity contribution in [2.24, 2.45) is 0 Å². The van der Waals surface area contributed by atoms with Gasteiger partial charge in [-0.3, -0.25) is 0 Å². The predicted molar refractivity (Wildman–Crippen MR) is 38.4 cm³/mol. The molecule has 62 valence electrons. The van der Waals surface area contributed by atoms with E-state index in [-0.39, 0.29) is 0 Å². The zero-order valence-electron chi connectivity index (χ0n) is 6.38. The summed E-state index contributed by atoms with van der Waals surface area (Å²) in [5.41, 5.74) is 0. The molecule has 1 saturated carbocycles. The zero-order chi connectivity index (χ0) is 8.04. The Kier molecular flexibility index (Phi) is 4.60. The van der Waals surface area contributed by atoms with Crippen LogP contribution >= 0.6 is 0 Å². The van der Waals surface area contributed by atoms with Crippen LogP contribution in [0.4, 0.5) is 0 Å². The fourth-order valence-electron chi connectivity index (χ4n) is 1.12. The van der Waals surface area contributed by atoms with Crippen molar-refractivity contribution in [1.29, 1.82) is 0 Å². The average Bonchev–Trinajstić information content (AvgIpc) is 1.92. The van der Waals surface area contributed by atoms with E-state index in [1.165, 1.54) is 0 Å². The lowest BCUT2D eigenvalue weighted by atomic mass is 9.95. The molecular weight excluding hydrogens is 132 g/mol. The summed E-state index contributed by atoms with van der Waals surface area (Å²) in [7, 11) is 1.00. The van der Waals surface area contributed by atoms with Crippen molar-refractivity contribution in [2.45, 2.75) is 37.9 Å². The van der Waals surface area contributed by atoms with Crippen molar-refractivity contribution in [3.05, 3.63) is 0 Å². The second-order valence-electron chi connectivity index (χ2n) is 2.54. The van der Waals surface area contributed by atoms with Crippen LogP contribution in [-0.2, 0) is 0 Å². The summed E-state index contributed by atoms with van der Waals surface area (Å²) in [6.07, 6.45) is 4.21. The van der Waals surface area contributed by atoms with Crippen LogP contribution in [0.15, 0.2) is 0 Å². The van der Waals surface area contributed by atoms with Gasteiger partial charge in [0.05, 0.1) is 0 Å². The van der Waals surface area contributed by atoms with E-state index >= 15 is 0 Å². The fourth-order valence-corrected chi connectivity index (χ4v) is 1.12. The number of hydrogen-bond donors (Lipinski definition) is 3. The van der Waals surface area contributed by atoms with Crippen molar-refractivity contribution in [3.8, 4) is 0 Å². The second-order valence-corrected chi connectivity index (χ2v) is 2.54. The summed E-state index contributed by atoms with van der Waals surface area (Å²) >= 11 is 0. The van der Waals surface area contributed by atoms with Gasteiger partial charge in [0.25, 0.3) is 0 Å². The Bertz CT molecular complexity index is 72.9. The van der Waals surface area contributed by atoms with Gasteiger partial charge < -0.3 is 15.3 Å². The first kappa shape index (κ1) is 9.88. The van der Waals surface area contributed by atoms with E-state index in [1.807, 2.05) is 0 Å². The number of rotatable bonds is 0. The van der Waals surface area contributed by atoms with Crippen molar-refractivity contribution < 1.29 is 15.3 Å². The lowest BCUT2D eigenvalue weighted by Crippen LogP contribution is -2.30. The van der Waals surface area contributed by atoms with Crippen LogP contribution < -0.4 is 0 Å². The first-order chi connectivity index (χ1) is 4.71. The van der Waals surface area contributed by atoms with Gasteiger partial charge >= 0.3 is 0 Å². The third kappa shape index (κ3) is 3.82. The van der Waals surface area contributed by atoms with Gasteiger partial charge in [0.2, 0.25) is 0 Å². The SMILES string of the molecule is CO.OC1(O)CCCCC1. The Morgan fingerprint density at radius 1 is 0.900 bits per heavy atom. The molecule has 0 aliphatic heterocycles. The average molecular weight is 148 g/mol. The molecule has 0 aromatic heterocycles. The molecule has 1 rings (SSSR count). The van der Waals surface area contributed by atoms with Crippen LogP contribution in [-0.4, -0.2) is 28.2 Å². The van der Waals surface area contributed by atoms with Gasteiger partial charge in [-0.25, -0.2) is 0 Å². The van der Waals surface area contributed by atoms with Gasteiger partial charge in [-0.2, -0.15) is 0 Å². The van der Waals surface area contributed by atoms with E-state index < -0.39 is 5.79 Å². The molecule has 1 fully saturated rings. The molecule has 0 aromatic carbocycles. The Hall–Kier alpha value is -0.120. The molecule has 0 heterocycles. The molecule has 0 atom stereocenters. The maximum atomic E-state index is 8.93. The molecule has 3 heteroatoms. The van der Waals surface area contributed by atoms with Crippen LogP contribution in [0.1, 0.15) is 32.1 Å². The lowest BCUT2D eigenvalue weighted by molar-refractivity contribution is -0.180. The van der Waals surface area contributed by atoms with Crippen LogP contribution in [0.25, 0.3) is 0 Å². The van der Waals surface area contributed by atoms with Crippen LogP contribution in [0, 0.1) is 0 Å². The number of hydrogen-bond acceptors (Lipinski definition) is 3. The van der Waals surface area contributed by atoms with Gasteiger partial charge in [0.1, 0.15) is 0 Å². The minimum absolute atomic E-state index is 0.562. The molecule has 0 saturated heterocycles. The van der Waals surface area contributed by atoms with E-state index in [9.17, 15) is 0 Å². The normalized spacial score (nSPS) is 22.8. The van der Waals surface area contributed by atoms with E-state index in [1.54, 1.807) is 0 Å². The van der Waals surface area contributed by atoms with E-state index in [2.05, 4.69) is 0 Å². The highest BCUT2D eigenvalue weighted by Gasteiger charge is 2.24. The summed E-state index contributed by atoms with van der Waals surface area (Å²) in [5.74, 6) is -1.32. The number of aliphatic hydroxyl groups is 3. The Morgan fingerprint density at radius 2 is 1.30 bits per heavy atom. The summed E-state index contributed by atoms with van der Waals surface area (Å²) in [6, 6.07) is 0. The molecule has 3 nitrogen and oxygen atoms in total. The Morgan fingerprint density at radius 3 is 1.50 bits per heavy atom. The van der Waals surface area contributed by atoms with Crippen molar-refractivity contribution in [2.75, 3.05) is 7.11 Å². The summed E-state index contributed by atoms with van der Waals surface area (Å²) in [4.78, 5) is 0. The molecule has 0 spiro atoms. The smallest absolute Gasteiger partial charge is 0.162 e. The third-order valence-electron chi connectivity index (χ3n) is 1.65. The fraction of sp³-hybridized carbons (Fsp3) is 1.00. The van der Waals surface area contributed by atoms with E-state index in [0.717, 1.165) is 26.4 Å². The molecule has 0 radical (unpaired) electrons. The highest BCUT2D eigenvalue weighted by atomic mass is 16.5. The molecule has 0 aromatic rings. The molecular formula is C7H16O3. The van der Waals surface area contributed by atoms with Gasteiger partial charge in [0, 0.05) is 20.0 Å². The Labute approximate surface area is 61.3 Å². The lowest BCUT2D eigenvalue weighted by Gasteiger charge is -2.25. The van der Waals surface area contributed by atoms with Crippen LogP contribution in [0.5, 0.6) is 0 Å². The molecule has 1 aliphatic rings. The van der Waals surface area contributed by atoms with Crippen molar-refractivity contribution in [1.82, 2.24) is 0 Å². The van der Waals surface area contributed by atoms with Crippen molar-refractivity contribution >= 4 is 0 Å². The predicted octanol–water partition coefficient (Wildman–Crippen LogP) is 0.240. The van der Waals surface area contributed by atoms with Crippen molar-refractivity contribution in [3.63, 3.8) is 0 Å². The topological polar surface area (TPSA) is 60.7 Å². The first-order valence-corrected chi connectivity index (χ1v) is 3.60. The molecule has 3 N–H and O–H groups in total. The summed E-state index contributed by atoms with van der Waals surface area (Å²) in [6.45, 7) is 0. The van der Waals surface area contributed by atoms with Gasteiger partial charge in [-0.05, 0) is 12.8 Å². The molecule has 10 heavy (non-hydrogen) atoms. The molecule has 0 unspecified atom stereocenters. The standard InChI is InChI=1S/C6H12O2.CH4O/c7-6(8)4-2-1-3-5-6;1-2/h7-8H,1-5H2;2H,1H3. The van der Waals surface area contributed by atoms with E-state index in [0.29, 0.717) is 12.8 Å². The van der Waals surface area contributed by atoms with Gasteiger partial charge in [0.15, 0.2) is 5.79 Å².